The lowest BCUT2D eigenvalue weighted by Crippen LogP contribution is -2.27. The molecule has 0 saturated carbocycles. The van der Waals surface area contributed by atoms with Crippen LogP contribution in [0.15, 0.2) is 54.6 Å². The highest BCUT2D eigenvalue weighted by atomic mass is 31.1. The molecular weight excluding hydrogens is 319 g/mol. The zero-order valence-electron chi connectivity index (χ0n) is 16.1. The topological polar surface area (TPSA) is 0 Å². The van der Waals surface area contributed by atoms with Gasteiger partial charge in [0.1, 0.15) is 0 Å². The molecule has 25 heavy (non-hydrogen) atoms. The molecule has 0 aliphatic rings. The number of aryl methyl sites for hydroxylation is 6. The van der Waals surface area contributed by atoms with Crippen molar-refractivity contribution in [2.24, 2.45) is 0 Å². The molecule has 0 nitrogen and oxygen atoms in total. The van der Waals surface area contributed by atoms with E-state index in [2.05, 4.69) is 96.1 Å². The lowest BCUT2D eigenvalue weighted by molar-refractivity contribution is 1.35. The molecule has 0 aliphatic carbocycles. The molecule has 3 rings (SSSR count). The highest BCUT2D eigenvalue weighted by Gasteiger charge is 2.23. The summed E-state index contributed by atoms with van der Waals surface area (Å²) in [7, 11) is -0.554. The molecule has 128 valence electrons. The van der Waals surface area contributed by atoms with E-state index in [1.807, 2.05) is 0 Å². The number of hydrogen-bond donors (Lipinski definition) is 0. The summed E-state index contributed by atoms with van der Waals surface area (Å²) >= 11 is 0. The summed E-state index contributed by atoms with van der Waals surface area (Å²) in [4.78, 5) is 0. The molecule has 0 aliphatic heterocycles. The fourth-order valence-electron chi connectivity index (χ4n) is 4.00. The average molecular weight is 346 g/mol. The first kappa shape index (κ1) is 17.9. The summed E-state index contributed by atoms with van der Waals surface area (Å²) in [5.74, 6) is 0. The van der Waals surface area contributed by atoms with E-state index in [1.54, 1.807) is 0 Å². The Hall–Kier alpha value is -1.91. The smallest absolute Gasteiger partial charge is 0.00923 e. The maximum atomic E-state index is 2.33. The van der Waals surface area contributed by atoms with Crippen molar-refractivity contribution in [2.45, 2.75) is 41.5 Å². The molecule has 0 atom stereocenters. The molecule has 0 radical (unpaired) electrons. The molecule has 0 spiro atoms. The van der Waals surface area contributed by atoms with Crippen molar-refractivity contribution in [1.29, 1.82) is 0 Å². The molecule has 0 aromatic heterocycles. The van der Waals surface area contributed by atoms with Gasteiger partial charge in [-0.2, -0.15) is 0 Å². The van der Waals surface area contributed by atoms with Crippen molar-refractivity contribution < 1.29 is 0 Å². The Morgan fingerprint density at radius 3 is 1.24 bits per heavy atom. The van der Waals surface area contributed by atoms with E-state index < -0.39 is 7.92 Å². The van der Waals surface area contributed by atoms with E-state index >= 15 is 0 Å². The van der Waals surface area contributed by atoms with E-state index in [4.69, 9.17) is 0 Å². The second-order valence-corrected chi connectivity index (χ2v) is 9.25. The third-order valence-electron chi connectivity index (χ3n) is 4.73. The van der Waals surface area contributed by atoms with Crippen LogP contribution >= 0.6 is 7.92 Å². The molecule has 0 N–H and O–H groups in total. The van der Waals surface area contributed by atoms with Gasteiger partial charge < -0.3 is 0 Å². The molecule has 0 bridgehead atoms. The number of rotatable bonds is 3. The lowest BCUT2D eigenvalue weighted by atomic mass is 10.1. The number of hydrogen-bond acceptors (Lipinski definition) is 0. The summed E-state index contributed by atoms with van der Waals surface area (Å²) in [6.07, 6.45) is 0. The van der Waals surface area contributed by atoms with Crippen LogP contribution in [0.5, 0.6) is 0 Å². The SMILES string of the molecule is Cc1cc(C)c(P(c2ccccc2)c2c(C)cc(C)cc2C)c(C)c1. The molecular formula is C24H27P. The normalized spacial score (nSPS) is 11.2. The standard InChI is InChI=1S/C24H27P/c1-16-12-18(3)23(19(4)13-16)25(22-10-8-7-9-11-22)24-20(5)14-17(2)15-21(24)6/h7-15H,1-6H3. The van der Waals surface area contributed by atoms with E-state index in [-0.39, 0.29) is 0 Å². The first-order valence-corrected chi connectivity index (χ1v) is 10.2. The number of benzene rings is 3. The van der Waals surface area contributed by atoms with Crippen LogP contribution in [0.25, 0.3) is 0 Å². The predicted molar refractivity (Wildman–Crippen MR) is 114 cm³/mol. The minimum Gasteiger partial charge on any atom is -0.0622 e. The van der Waals surface area contributed by atoms with Crippen LogP contribution in [0.1, 0.15) is 33.4 Å². The minimum atomic E-state index is -0.554. The Morgan fingerprint density at radius 1 is 0.520 bits per heavy atom. The molecule has 0 fully saturated rings. The summed E-state index contributed by atoms with van der Waals surface area (Å²) in [5.41, 5.74) is 8.33. The second-order valence-electron chi connectivity index (χ2n) is 7.17. The maximum absolute atomic E-state index is 2.33. The maximum Gasteiger partial charge on any atom is -0.00923 e. The van der Waals surface area contributed by atoms with Gasteiger partial charge in [-0.15, -0.1) is 0 Å². The van der Waals surface area contributed by atoms with Gasteiger partial charge in [-0.3, -0.25) is 0 Å². The summed E-state index contributed by atoms with van der Waals surface area (Å²) < 4.78 is 0. The van der Waals surface area contributed by atoms with Gasteiger partial charge in [0.05, 0.1) is 0 Å². The van der Waals surface area contributed by atoms with Crippen molar-refractivity contribution in [3.8, 4) is 0 Å². The Balaban J connectivity index is 2.34. The molecule has 0 unspecified atom stereocenters. The minimum absolute atomic E-state index is 0.554. The monoisotopic (exact) mass is 346 g/mol. The zero-order valence-corrected chi connectivity index (χ0v) is 17.0. The highest BCUT2D eigenvalue weighted by molar-refractivity contribution is 7.80. The Bertz CT molecular complexity index is 803. The van der Waals surface area contributed by atoms with Crippen LogP contribution in [-0.4, -0.2) is 0 Å². The van der Waals surface area contributed by atoms with Crippen LogP contribution in [0.2, 0.25) is 0 Å². The highest BCUT2D eigenvalue weighted by Crippen LogP contribution is 2.38. The van der Waals surface area contributed by atoms with E-state index in [1.165, 1.54) is 49.3 Å². The fourth-order valence-corrected chi connectivity index (χ4v) is 6.88. The second kappa shape index (κ2) is 7.14. The van der Waals surface area contributed by atoms with Crippen molar-refractivity contribution in [3.63, 3.8) is 0 Å². The predicted octanol–water partition coefficient (Wildman–Crippen LogP) is 5.30. The van der Waals surface area contributed by atoms with Crippen molar-refractivity contribution >= 4 is 23.8 Å². The summed E-state index contributed by atoms with van der Waals surface area (Å²) in [6.45, 7) is 13.5. The van der Waals surface area contributed by atoms with E-state index in [0.717, 1.165) is 0 Å². The van der Waals surface area contributed by atoms with Gasteiger partial charge in [-0.1, -0.05) is 65.7 Å². The summed E-state index contributed by atoms with van der Waals surface area (Å²) in [5, 5.41) is 4.46. The molecule has 3 aromatic carbocycles. The lowest BCUT2D eigenvalue weighted by Gasteiger charge is -2.27. The Morgan fingerprint density at radius 2 is 0.880 bits per heavy atom. The van der Waals surface area contributed by atoms with Gasteiger partial charge in [0.15, 0.2) is 0 Å². The Labute approximate surface area is 153 Å². The first-order chi connectivity index (χ1) is 11.9. The third-order valence-corrected chi connectivity index (χ3v) is 7.85. The molecule has 1 heteroatoms. The van der Waals surface area contributed by atoms with Crippen molar-refractivity contribution in [2.75, 3.05) is 0 Å². The van der Waals surface area contributed by atoms with Crippen molar-refractivity contribution in [1.82, 2.24) is 0 Å². The van der Waals surface area contributed by atoms with E-state index in [9.17, 15) is 0 Å². The van der Waals surface area contributed by atoms with Crippen LogP contribution < -0.4 is 15.9 Å². The molecule has 3 aromatic rings. The van der Waals surface area contributed by atoms with Gasteiger partial charge in [-0.25, -0.2) is 0 Å². The molecule has 0 heterocycles. The van der Waals surface area contributed by atoms with Crippen LogP contribution in [0.4, 0.5) is 0 Å². The van der Waals surface area contributed by atoms with Gasteiger partial charge in [0.25, 0.3) is 0 Å². The average Bonchev–Trinajstić information content (AvgIpc) is 2.52. The fraction of sp³-hybridized carbons (Fsp3) is 0.250. The van der Waals surface area contributed by atoms with Gasteiger partial charge in [0, 0.05) is 0 Å². The van der Waals surface area contributed by atoms with Gasteiger partial charge in [-0.05, 0) is 87.6 Å². The van der Waals surface area contributed by atoms with Crippen LogP contribution in [-0.2, 0) is 0 Å². The van der Waals surface area contributed by atoms with Gasteiger partial charge >= 0.3 is 0 Å². The van der Waals surface area contributed by atoms with Crippen LogP contribution in [0, 0.1) is 41.5 Å². The third kappa shape index (κ3) is 3.55. The molecule has 0 amide bonds. The summed E-state index contributed by atoms with van der Waals surface area (Å²) in [6, 6.07) is 20.4. The van der Waals surface area contributed by atoms with E-state index in [0.29, 0.717) is 0 Å². The largest absolute Gasteiger partial charge is 0.0622 e. The first-order valence-electron chi connectivity index (χ1n) is 8.89. The van der Waals surface area contributed by atoms with Gasteiger partial charge in [0.2, 0.25) is 0 Å². The quantitative estimate of drug-likeness (QED) is 0.565. The van der Waals surface area contributed by atoms with Crippen molar-refractivity contribution in [3.05, 3.63) is 88.0 Å². The Kier molecular flexibility index (Phi) is 5.11. The molecule has 0 saturated heterocycles. The zero-order chi connectivity index (χ0) is 18.1. The van der Waals surface area contributed by atoms with Crippen LogP contribution in [0.3, 0.4) is 0 Å².